The van der Waals surface area contributed by atoms with Gasteiger partial charge < -0.3 is 10.2 Å². The summed E-state index contributed by atoms with van der Waals surface area (Å²) in [5.74, 6) is 0. The van der Waals surface area contributed by atoms with E-state index in [1.54, 1.807) is 0 Å². The molecule has 0 amide bonds. The highest BCUT2D eigenvalue weighted by atomic mass is 16.3. The zero-order chi connectivity index (χ0) is 10.3. The summed E-state index contributed by atoms with van der Waals surface area (Å²) in [6, 6.07) is 0. The number of aliphatic hydroxyl groups excluding tert-OH is 2. The normalized spacial score (nSPS) is 23.6. The van der Waals surface area contributed by atoms with Crippen molar-refractivity contribution < 1.29 is 10.2 Å². The lowest BCUT2D eigenvalue weighted by Gasteiger charge is -2.32. The standard InChI is InChI=1S/C11H23NO2/c13-9-11(12-10-14)7-5-3-1-2-4-6-8-11/h12-14H,1-10H2. The molecule has 0 aromatic heterocycles. The second-order valence-corrected chi connectivity index (χ2v) is 4.39. The van der Waals surface area contributed by atoms with Crippen molar-refractivity contribution in [3.8, 4) is 0 Å². The second-order valence-electron chi connectivity index (χ2n) is 4.39. The molecule has 3 N–H and O–H groups in total. The fraction of sp³-hybridized carbons (Fsp3) is 1.00. The smallest absolute Gasteiger partial charge is 0.0936 e. The molecule has 0 unspecified atom stereocenters. The van der Waals surface area contributed by atoms with E-state index in [-0.39, 0.29) is 18.9 Å². The molecule has 14 heavy (non-hydrogen) atoms. The first-order chi connectivity index (χ1) is 6.83. The highest BCUT2D eigenvalue weighted by Crippen LogP contribution is 2.25. The first kappa shape index (κ1) is 12.0. The molecule has 0 saturated heterocycles. The monoisotopic (exact) mass is 201 g/mol. The molecule has 0 spiro atoms. The Morgan fingerprint density at radius 2 is 1.36 bits per heavy atom. The van der Waals surface area contributed by atoms with Gasteiger partial charge in [0.15, 0.2) is 0 Å². The minimum atomic E-state index is -0.209. The Balaban J connectivity index is 2.49. The van der Waals surface area contributed by atoms with Gasteiger partial charge in [0.2, 0.25) is 0 Å². The van der Waals surface area contributed by atoms with Crippen molar-refractivity contribution in [2.24, 2.45) is 0 Å². The van der Waals surface area contributed by atoms with Gasteiger partial charge in [0.1, 0.15) is 0 Å². The molecule has 3 nitrogen and oxygen atoms in total. The molecule has 0 heterocycles. The fourth-order valence-corrected chi connectivity index (χ4v) is 2.32. The Morgan fingerprint density at radius 3 is 1.79 bits per heavy atom. The van der Waals surface area contributed by atoms with Gasteiger partial charge in [-0.25, -0.2) is 0 Å². The van der Waals surface area contributed by atoms with Crippen molar-refractivity contribution in [1.29, 1.82) is 0 Å². The predicted octanol–water partition coefficient (Wildman–Crippen LogP) is 1.39. The molecule has 1 saturated carbocycles. The Labute approximate surface area is 86.5 Å². The molecule has 1 fully saturated rings. The first-order valence-corrected chi connectivity index (χ1v) is 5.80. The second kappa shape index (κ2) is 6.38. The molecule has 0 bridgehead atoms. The van der Waals surface area contributed by atoms with Crippen molar-refractivity contribution >= 4 is 0 Å². The lowest BCUT2D eigenvalue weighted by Crippen LogP contribution is -2.48. The van der Waals surface area contributed by atoms with Gasteiger partial charge in [-0.05, 0) is 12.8 Å². The van der Waals surface area contributed by atoms with Crippen LogP contribution in [0.2, 0.25) is 0 Å². The third-order valence-corrected chi connectivity index (χ3v) is 3.32. The lowest BCUT2D eigenvalue weighted by atomic mass is 9.89. The van der Waals surface area contributed by atoms with Crippen molar-refractivity contribution in [2.45, 2.75) is 56.9 Å². The minimum absolute atomic E-state index is 0.0272. The van der Waals surface area contributed by atoms with E-state index in [1.807, 2.05) is 0 Å². The molecule has 0 aliphatic heterocycles. The molecule has 0 atom stereocenters. The van der Waals surface area contributed by atoms with Gasteiger partial charge >= 0.3 is 0 Å². The quantitative estimate of drug-likeness (QED) is 0.605. The summed E-state index contributed by atoms with van der Waals surface area (Å²) in [7, 11) is 0. The predicted molar refractivity (Wildman–Crippen MR) is 57.0 cm³/mol. The van der Waals surface area contributed by atoms with E-state index in [9.17, 15) is 5.11 Å². The Bertz CT molecular complexity index is 140. The van der Waals surface area contributed by atoms with E-state index in [4.69, 9.17) is 5.11 Å². The molecule has 0 aromatic carbocycles. The van der Waals surface area contributed by atoms with E-state index < -0.39 is 0 Å². The molecule has 84 valence electrons. The molecule has 0 aromatic rings. The molecule has 3 heteroatoms. The first-order valence-electron chi connectivity index (χ1n) is 5.80. The maximum Gasteiger partial charge on any atom is 0.0936 e. The average molecular weight is 201 g/mol. The van der Waals surface area contributed by atoms with Crippen LogP contribution >= 0.6 is 0 Å². The number of nitrogens with one attached hydrogen (secondary N) is 1. The summed E-state index contributed by atoms with van der Waals surface area (Å²) in [5.41, 5.74) is -0.209. The summed E-state index contributed by atoms with van der Waals surface area (Å²) in [5, 5.41) is 21.4. The molecule has 1 rings (SSSR count). The highest BCUT2D eigenvalue weighted by molar-refractivity contribution is 4.86. The summed E-state index contributed by atoms with van der Waals surface area (Å²) in [4.78, 5) is 0. The topological polar surface area (TPSA) is 52.5 Å². The van der Waals surface area contributed by atoms with Crippen LogP contribution in [0.15, 0.2) is 0 Å². The average Bonchev–Trinajstić information content (AvgIpc) is 2.31. The lowest BCUT2D eigenvalue weighted by molar-refractivity contribution is 0.102. The Kier molecular flexibility index (Phi) is 5.45. The van der Waals surface area contributed by atoms with Gasteiger partial charge in [-0.15, -0.1) is 0 Å². The van der Waals surface area contributed by atoms with Crippen LogP contribution in [0.4, 0.5) is 0 Å². The summed E-state index contributed by atoms with van der Waals surface area (Å²) in [6.45, 7) is 0.119. The van der Waals surface area contributed by atoms with Gasteiger partial charge in [0.05, 0.1) is 13.3 Å². The van der Waals surface area contributed by atoms with Crippen molar-refractivity contribution in [3.05, 3.63) is 0 Å². The van der Waals surface area contributed by atoms with E-state index in [0.717, 1.165) is 25.7 Å². The fourth-order valence-electron chi connectivity index (χ4n) is 2.32. The zero-order valence-corrected chi connectivity index (χ0v) is 8.97. The molecule has 1 aliphatic carbocycles. The maximum atomic E-state index is 9.41. The van der Waals surface area contributed by atoms with Gasteiger partial charge in [0.25, 0.3) is 0 Å². The third kappa shape index (κ3) is 3.56. The van der Waals surface area contributed by atoms with Crippen LogP contribution in [-0.4, -0.2) is 29.1 Å². The van der Waals surface area contributed by atoms with Crippen molar-refractivity contribution in [2.75, 3.05) is 13.3 Å². The molecular formula is C11H23NO2. The SMILES string of the molecule is OCNC1(CO)CCCCCCCC1. The number of rotatable bonds is 3. The van der Waals surface area contributed by atoms with E-state index in [1.165, 1.54) is 25.7 Å². The van der Waals surface area contributed by atoms with E-state index in [0.29, 0.717) is 0 Å². The largest absolute Gasteiger partial charge is 0.394 e. The van der Waals surface area contributed by atoms with Gasteiger partial charge in [-0.1, -0.05) is 38.5 Å². The Morgan fingerprint density at radius 1 is 0.857 bits per heavy atom. The van der Waals surface area contributed by atoms with E-state index in [2.05, 4.69) is 5.32 Å². The molecular weight excluding hydrogens is 178 g/mol. The van der Waals surface area contributed by atoms with Crippen LogP contribution in [0.1, 0.15) is 51.4 Å². The van der Waals surface area contributed by atoms with Gasteiger partial charge in [-0.2, -0.15) is 0 Å². The summed E-state index contributed by atoms with van der Waals surface area (Å²) in [6.07, 6.45) is 9.46. The van der Waals surface area contributed by atoms with Gasteiger partial charge in [-0.3, -0.25) is 5.32 Å². The number of hydrogen-bond acceptors (Lipinski definition) is 3. The minimum Gasteiger partial charge on any atom is -0.394 e. The van der Waals surface area contributed by atoms with Crippen LogP contribution < -0.4 is 5.32 Å². The zero-order valence-electron chi connectivity index (χ0n) is 8.97. The highest BCUT2D eigenvalue weighted by Gasteiger charge is 2.27. The molecule has 0 radical (unpaired) electrons. The van der Waals surface area contributed by atoms with Crippen LogP contribution in [0, 0.1) is 0 Å². The summed E-state index contributed by atoms with van der Waals surface area (Å²) < 4.78 is 0. The van der Waals surface area contributed by atoms with Crippen LogP contribution in [-0.2, 0) is 0 Å². The van der Waals surface area contributed by atoms with Crippen molar-refractivity contribution in [1.82, 2.24) is 5.32 Å². The van der Waals surface area contributed by atoms with E-state index >= 15 is 0 Å². The van der Waals surface area contributed by atoms with Crippen LogP contribution in [0.3, 0.4) is 0 Å². The van der Waals surface area contributed by atoms with Crippen molar-refractivity contribution in [3.63, 3.8) is 0 Å². The van der Waals surface area contributed by atoms with Gasteiger partial charge in [0, 0.05) is 5.54 Å². The number of hydrogen-bond donors (Lipinski definition) is 3. The summed E-state index contributed by atoms with van der Waals surface area (Å²) >= 11 is 0. The third-order valence-electron chi connectivity index (χ3n) is 3.32. The number of aliphatic hydroxyl groups is 2. The van der Waals surface area contributed by atoms with Crippen LogP contribution in [0.25, 0.3) is 0 Å². The Hall–Kier alpha value is -0.120. The maximum absolute atomic E-state index is 9.41. The van der Waals surface area contributed by atoms with Crippen LogP contribution in [0.5, 0.6) is 0 Å². The molecule has 1 aliphatic rings.